The Morgan fingerprint density at radius 1 is 1.26 bits per heavy atom. The van der Waals surface area contributed by atoms with Gasteiger partial charge in [0.05, 0.1) is 0 Å². The first-order valence-electron chi connectivity index (χ1n) is 8.96. The summed E-state index contributed by atoms with van der Waals surface area (Å²) in [7, 11) is 0. The van der Waals surface area contributed by atoms with Crippen molar-refractivity contribution in [3.63, 3.8) is 0 Å². The van der Waals surface area contributed by atoms with Gasteiger partial charge in [-0.3, -0.25) is 19.6 Å². The second kappa shape index (κ2) is 7.80. The minimum atomic E-state index is -0.809. The van der Waals surface area contributed by atoms with Gasteiger partial charge in [0.2, 0.25) is 0 Å². The predicted molar refractivity (Wildman–Crippen MR) is 107 cm³/mol. The smallest absolute Gasteiger partial charge is 0.325 e. The molecule has 2 aromatic heterocycles. The molecule has 6 nitrogen and oxygen atoms in total. The highest BCUT2D eigenvalue weighted by atomic mass is 79.9. The van der Waals surface area contributed by atoms with E-state index in [2.05, 4.69) is 41.8 Å². The van der Waals surface area contributed by atoms with Crippen molar-refractivity contribution in [1.29, 1.82) is 0 Å². The summed E-state index contributed by atoms with van der Waals surface area (Å²) in [6.45, 7) is 3.96. The van der Waals surface area contributed by atoms with Crippen LogP contribution in [0.15, 0.2) is 53.4 Å². The van der Waals surface area contributed by atoms with Gasteiger partial charge in [0.1, 0.15) is 6.04 Å². The third kappa shape index (κ3) is 3.90. The van der Waals surface area contributed by atoms with Crippen molar-refractivity contribution in [1.82, 2.24) is 19.8 Å². The number of aromatic amines is 1. The number of rotatable bonds is 5. The second-order valence-corrected chi connectivity index (χ2v) is 7.76. The number of hydrogen-bond acceptors (Lipinski definition) is 4. The van der Waals surface area contributed by atoms with Crippen molar-refractivity contribution in [3.05, 3.63) is 64.5 Å². The number of halogens is 1. The first-order chi connectivity index (χ1) is 13.1. The van der Waals surface area contributed by atoms with Crippen LogP contribution in [-0.4, -0.2) is 57.0 Å². The van der Waals surface area contributed by atoms with E-state index in [0.717, 1.165) is 53.7 Å². The fraction of sp³-hybridized carbons (Fsp3) is 0.300. The van der Waals surface area contributed by atoms with Crippen LogP contribution in [0.25, 0.3) is 10.9 Å². The largest absolute Gasteiger partial charge is 0.480 e. The molecule has 0 saturated carbocycles. The molecular weight excluding hydrogens is 408 g/mol. The van der Waals surface area contributed by atoms with Gasteiger partial charge in [0, 0.05) is 72.3 Å². The number of H-pyrrole nitrogens is 1. The number of aliphatic carboxylic acids is 1. The molecular formula is C20H21BrN4O2. The Kier molecular flexibility index (Phi) is 5.24. The monoisotopic (exact) mass is 428 g/mol. The number of hydrogen-bond donors (Lipinski definition) is 2. The van der Waals surface area contributed by atoms with Crippen LogP contribution in [0.2, 0.25) is 0 Å². The Morgan fingerprint density at radius 3 is 2.78 bits per heavy atom. The van der Waals surface area contributed by atoms with Crippen LogP contribution in [0.1, 0.15) is 17.2 Å². The maximum Gasteiger partial charge on any atom is 0.325 e. The van der Waals surface area contributed by atoms with E-state index in [0.29, 0.717) is 0 Å². The highest BCUT2D eigenvalue weighted by Crippen LogP contribution is 2.31. The van der Waals surface area contributed by atoms with Gasteiger partial charge in [-0.05, 0) is 29.8 Å². The zero-order valence-electron chi connectivity index (χ0n) is 14.8. The highest BCUT2D eigenvalue weighted by molar-refractivity contribution is 9.10. The predicted octanol–water partition coefficient (Wildman–Crippen LogP) is 3.27. The number of carboxylic acid groups (broad SMARTS) is 1. The molecule has 3 heterocycles. The molecule has 1 aromatic carbocycles. The molecule has 2 N–H and O–H groups in total. The molecule has 3 aromatic rings. The normalized spacial score (nSPS) is 17.2. The average Bonchev–Trinajstić information content (AvgIpc) is 3.07. The van der Waals surface area contributed by atoms with Crippen LogP contribution < -0.4 is 0 Å². The topological polar surface area (TPSA) is 72.5 Å². The van der Waals surface area contributed by atoms with E-state index in [1.807, 2.05) is 36.7 Å². The third-order valence-electron chi connectivity index (χ3n) is 5.11. The Labute approximate surface area is 165 Å². The van der Waals surface area contributed by atoms with E-state index >= 15 is 0 Å². The zero-order chi connectivity index (χ0) is 18.8. The molecule has 0 amide bonds. The Bertz CT molecular complexity index is 936. The van der Waals surface area contributed by atoms with Gasteiger partial charge in [-0.2, -0.15) is 0 Å². The molecule has 1 aliphatic rings. The summed E-state index contributed by atoms with van der Waals surface area (Å²) in [5.74, 6) is -0.809. The van der Waals surface area contributed by atoms with Gasteiger partial charge in [0.25, 0.3) is 0 Å². The molecule has 140 valence electrons. The number of nitrogens with one attached hydrogen (secondary N) is 1. The average molecular weight is 429 g/mol. The van der Waals surface area contributed by atoms with Crippen LogP contribution in [0.3, 0.4) is 0 Å². The molecule has 1 aliphatic heterocycles. The quantitative estimate of drug-likeness (QED) is 0.652. The molecule has 27 heavy (non-hydrogen) atoms. The number of nitrogens with zero attached hydrogens (tertiary/aromatic N) is 3. The molecule has 1 saturated heterocycles. The molecule has 0 unspecified atom stereocenters. The number of piperazine rings is 1. The SMILES string of the molecule is O=C(O)[C@@H](c1c[nH]c2ccc(Br)cc12)N1CCN(Cc2cccnc2)CC1. The van der Waals surface area contributed by atoms with Crippen LogP contribution in [0.4, 0.5) is 0 Å². The number of carboxylic acids is 1. The molecule has 4 rings (SSSR count). The van der Waals surface area contributed by atoms with Gasteiger partial charge in [0.15, 0.2) is 0 Å². The molecule has 1 fully saturated rings. The van der Waals surface area contributed by atoms with Gasteiger partial charge in [-0.25, -0.2) is 0 Å². The van der Waals surface area contributed by atoms with Gasteiger partial charge in [-0.1, -0.05) is 22.0 Å². The Morgan fingerprint density at radius 2 is 2.07 bits per heavy atom. The summed E-state index contributed by atoms with van der Waals surface area (Å²) in [5, 5.41) is 10.9. The lowest BCUT2D eigenvalue weighted by molar-refractivity contribution is -0.144. The molecule has 0 radical (unpaired) electrons. The number of pyridine rings is 1. The summed E-state index contributed by atoms with van der Waals surface area (Å²) >= 11 is 3.49. The van der Waals surface area contributed by atoms with Crippen LogP contribution in [-0.2, 0) is 11.3 Å². The molecule has 1 atom stereocenters. The van der Waals surface area contributed by atoms with Crippen molar-refractivity contribution in [3.8, 4) is 0 Å². The summed E-state index contributed by atoms with van der Waals surface area (Å²) in [6.07, 6.45) is 5.49. The summed E-state index contributed by atoms with van der Waals surface area (Å²) < 4.78 is 0.946. The minimum absolute atomic E-state index is 0.645. The standard InChI is InChI=1S/C20H21BrN4O2/c21-15-3-4-18-16(10-15)17(12-23-18)19(20(26)27)25-8-6-24(7-9-25)13-14-2-1-5-22-11-14/h1-5,10-12,19,23H,6-9,13H2,(H,26,27)/t19-/m1/s1. The number of aromatic nitrogens is 2. The maximum atomic E-state index is 12.1. The van der Waals surface area contributed by atoms with Crippen molar-refractivity contribution in [2.75, 3.05) is 26.2 Å². The fourth-order valence-electron chi connectivity index (χ4n) is 3.76. The van der Waals surface area contributed by atoms with E-state index in [-0.39, 0.29) is 0 Å². The number of benzene rings is 1. The maximum absolute atomic E-state index is 12.1. The first-order valence-corrected chi connectivity index (χ1v) is 9.76. The van der Waals surface area contributed by atoms with Gasteiger partial charge >= 0.3 is 5.97 Å². The Hall–Kier alpha value is -2.22. The van der Waals surface area contributed by atoms with Crippen molar-refractivity contribution < 1.29 is 9.90 Å². The van der Waals surface area contributed by atoms with Gasteiger partial charge < -0.3 is 10.1 Å². The lowest BCUT2D eigenvalue weighted by Crippen LogP contribution is -2.48. The summed E-state index contributed by atoms with van der Waals surface area (Å²) in [6, 6.07) is 9.28. The summed E-state index contributed by atoms with van der Waals surface area (Å²) in [4.78, 5) is 23.9. The van der Waals surface area contributed by atoms with Crippen molar-refractivity contribution >= 4 is 32.8 Å². The number of carbonyl (C=O) groups is 1. The third-order valence-corrected chi connectivity index (χ3v) is 5.60. The lowest BCUT2D eigenvalue weighted by atomic mass is 10.0. The Balaban J connectivity index is 1.50. The first kappa shape index (κ1) is 18.2. The van der Waals surface area contributed by atoms with Crippen molar-refractivity contribution in [2.24, 2.45) is 0 Å². The lowest BCUT2D eigenvalue weighted by Gasteiger charge is -2.37. The molecule has 0 spiro atoms. The fourth-order valence-corrected chi connectivity index (χ4v) is 4.12. The van der Waals surface area contributed by atoms with Gasteiger partial charge in [-0.15, -0.1) is 0 Å². The van der Waals surface area contributed by atoms with E-state index < -0.39 is 12.0 Å². The van der Waals surface area contributed by atoms with Crippen LogP contribution >= 0.6 is 15.9 Å². The zero-order valence-corrected chi connectivity index (χ0v) is 16.4. The van der Waals surface area contributed by atoms with Crippen molar-refractivity contribution in [2.45, 2.75) is 12.6 Å². The van der Waals surface area contributed by atoms with Crippen LogP contribution in [0.5, 0.6) is 0 Å². The van der Waals surface area contributed by atoms with E-state index in [9.17, 15) is 9.90 Å². The molecule has 0 bridgehead atoms. The number of fused-ring (bicyclic) bond motifs is 1. The highest BCUT2D eigenvalue weighted by Gasteiger charge is 2.32. The van der Waals surface area contributed by atoms with Crippen LogP contribution in [0, 0.1) is 0 Å². The molecule has 7 heteroatoms. The summed E-state index contributed by atoms with van der Waals surface area (Å²) in [5.41, 5.74) is 2.95. The second-order valence-electron chi connectivity index (χ2n) is 6.85. The van der Waals surface area contributed by atoms with E-state index in [4.69, 9.17) is 0 Å². The molecule has 0 aliphatic carbocycles. The van der Waals surface area contributed by atoms with E-state index in [1.165, 1.54) is 5.56 Å². The van der Waals surface area contributed by atoms with E-state index in [1.54, 1.807) is 6.20 Å². The minimum Gasteiger partial charge on any atom is -0.480 e.